The van der Waals surface area contributed by atoms with Crippen LogP contribution < -0.4 is 5.32 Å². The van der Waals surface area contributed by atoms with Crippen LogP contribution in [0.4, 0.5) is 5.69 Å². The van der Waals surface area contributed by atoms with Gasteiger partial charge in [0.2, 0.25) is 0 Å². The van der Waals surface area contributed by atoms with Crippen molar-refractivity contribution < 1.29 is 4.21 Å². The molecule has 0 unspecified atom stereocenters. The number of nitrogens with zero attached hydrogens (tertiary/aromatic N) is 1. The maximum absolute atomic E-state index is 12.1. The lowest BCUT2D eigenvalue weighted by Gasteiger charge is -2.15. The molecule has 0 aromatic heterocycles. The van der Waals surface area contributed by atoms with Crippen LogP contribution in [-0.4, -0.2) is 21.7 Å². The van der Waals surface area contributed by atoms with Crippen molar-refractivity contribution in [3.63, 3.8) is 0 Å². The average Bonchev–Trinajstić information content (AvgIpc) is 2.71. The van der Waals surface area contributed by atoms with Gasteiger partial charge < -0.3 is 5.32 Å². The second-order valence-electron chi connectivity index (χ2n) is 5.49. The molecule has 0 heterocycles. The van der Waals surface area contributed by atoms with Gasteiger partial charge in [-0.25, -0.2) is 4.21 Å². The molecule has 98 valence electrons. The van der Waals surface area contributed by atoms with Crippen LogP contribution in [0, 0.1) is 0 Å². The highest BCUT2D eigenvalue weighted by Gasteiger charge is 2.25. The molecule has 4 heteroatoms. The van der Waals surface area contributed by atoms with Crippen LogP contribution in [0.2, 0.25) is 0 Å². The van der Waals surface area contributed by atoms with Crippen LogP contribution in [-0.2, 0) is 17.4 Å². The third-order valence-electron chi connectivity index (χ3n) is 3.06. The summed E-state index contributed by atoms with van der Waals surface area (Å²) in [5.41, 5.74) is 4.50. The zero-order chi connectivity index (χ0) is 13.3. The van der Waals surface area contributed by atoms with Crippen molar-refractivity contribution in [2.24, 2.45) is 4.40 Å². The summed E-state index contributed by atoms with van der Waals surface area (Å²) in [6.07, 6.45) is 1.88. The van der Waals surface area contributed by atoms with E-state index < -0.39 is 11.0 Å². The van der Waals surface area contributed by atoms with Crippen molar-refractivity contribution in [1.29, 1.82) is 0 Å². The fraction of sp³-hybridized carbons (Fsp3) is 0.500. The Labute approximate surface area is 111 Å². The highest BCUT2D eigenvalue weighted by atomic mass is 32.2. The number of aryl methyl sites for hydroxylation is 1. The molecule has 1 aliphatic carbocycles. The fourth-order valence-corrected chi connectivity index (χ4v) is 2.72. The van der Waals surface area contributed by atoms with Crippen molar-refractivity contribution >= 4 is 22.4 Å². The van der Waals surface area contributed by atoms with Gasteiger partial charge in [0.15, 0.2) is 0 Å². The van der Waals surface area contributed by atoms with Gasteiger partial charge in [0.05, 0.1) is 10.5 Å². The highest BCUT2D eigenvalue weighted by Crippen LogP contribution is 2.30. The van der Waals surface area contributed by atoms with E-state index in [-0.39, 0.29) is 4.75 Å². The van der Waals surface area contributed by atoms with Crippen molar-refractivity contribution in [1.82, 2.24) is 0 Å². The zero-order valence-corrected chi connectivity index (χ0v) is 12.2. The molecule has 0 aliphatic heterocycles. The second-order valence-corrected chi connectivity index (χ2v) is 7.39. The zero-order valence-electron chi connectivity index (χ0n) is 11.4. The molecule has 3 nitrogen and oxygen atoms in total. The van der Waals surface area contributed by atoms with Crippen LogP contribution in [0.3, 0.4) is 0 Å². The first-order valence-corrected chi connectivity index (χ1v) is 7.33. The highest BCUT2D eigenvalue weighted by molar-refractivity contribution is 7.85. The molecule has 1 aromatic carbocycles. The Morgan fingerprint density at radius 2 is 2.00 bits per heavy atom. The van der Waals surface area contributed by atoms with Gasteiger partial charge in [-0.3, -0.25) is 0 Å². The van der Waals surface area contributed by atoms with Crippen LogP contribution in [0.25, 0.3) is 0 Å². The summed E-state index contributed by atoms with van der Waals surface area (Å²) in [5, 5.41) is 3.19. The van der Waals surface area contributed by atoms with Gasteiger partial charge in [-0.05, 0) is 45.2 Å². The summed E-state index contributed by atoms with van der Waals surface area (Å²) in [6.45, 7) is 5.85. The van der Waals surface area contributed by atoms with Crippen LogP contribution in [0.15, 0.2) is 22.6 Å². The molecule has 0 radical (unpaired) electrons. The van der Waals surface area contributed by atoms with Crippen LogP contribution in [0.1, 0.15) is 38.3 Å². The minimum Gasteiger partial charge on any atom is -0.388 e. The summed E-state index contributed by atoms with van der Waals surface area (Å²) in [4.78, 5) is 0. The van der Waals surface area contributed by atoms with Gasteiger partial charge in [0.25, 0.3) is 0 Å². The van der Waals surface area contributed by atoms with E-state index in [4.69, 9.17) is 0 Å². The molecule has 1 aliphatic rings. The van der Waals surface area contributed by atoms with E-state index >= 15 is 0 Å². The third-order valence-corrected chi connectivity index (χ3v) is 4.49. The van der Waals surface area contributed by atoms with Crippen molar-refractivity contribution in [3.8, 4) is 0 Å². The van der Waals surface area contributed by atoms with Crippen molar-refractivity contribution in [2.75, 3.05) is 12.4 Å². The summed E-state index contributed by atoms with van der Waals surface area (Å²) in [5.74, 6) is 0. The molecule has 0 spiro atoms. The smallest absolute Gasteiger partial charge is 0.145 e. The Balaban J connectivity index is 2.43. The average molecular weight is 264 g/mol. The Morgan fingerprint density at radius 3 is 2.61 bits per heavy atom. The predicted molar refractivity (Wildman–Crippen MR) is 78.7 cm³/mol. The van der Waals surface area contributed by atoms with Crippen molar-refractivity contribution in [3.05, 3.63) is 29.3 Å². The summed E-state index contributed by atoms with van der Waals surface area (Å²) in [6, 6.07) is 6.21. The van der Waals surface area contributed by atoms with Crippen LogP contribution in [0.5, 0.6) is 0 Å². The standard InChI is InChI=1S/C14H20N2OS/c1-14(2,3)18(17)16-12-9-8-10-6-5-7-11(15-4)13(10)12/h5-7,15H,8-9H2,1-4H3/b16-12+/t18-/m1/s1. The molecule has 1 atom stereocenters. The SMILES string of the molecule is CNc1cccc2c1/C(=N/[S@](=O)C(C)(C)C)CC2. The van der Waals surface area contributed by atoms with E-state index in [9.17, 15) is 4.21 Å². The van der Waals surface area contributed by atoms with E-state index in [0.717, 1.165) is 29.8 Å². The van der Waals surface area contributed by atoms with Crippen molar-refractivity contribution in [2.45, 2.75) is 38.4 Å². The number of anilines is 1. The molecular weight excluding hydrogens is 244 g/mol. The first kappa shape index (κ1) is 13.3. The molecule has 0 saturated heterocycles. The van der Waals surface area contributed by atoms with E-state index in [0.29, 0.717) is 0 Å². The van der Waals surface area contributed by atoms with E-state index in [2.05, 4.69) is 15.8 Å². The summed E-state index contributed by atoms with van der Waals surface area (Å²) >= 11 is 0. The number of nitrogens with one attached hydrogen (secondary N) is 1. The molecule has 0 saturated carbocycles. The molecule has 1 N–H and O–H groups in total. The molecule has 0 bridgehead atoms. The molecule has 0 amide bonds. The van der Waals surface area contributed by atoms with Gasteiger partial charge in [-0.2, -0.15) is 4.40 Å². The quantitative estimate of drug-likeness (QED) is 0.892. The number of hydrogen-bond acceptors (Lipinski definition) is 2. The monoisotopic (exact) mass is 264 g/mol. The lowest BCUT2D eigenvalue weighted by Crippen LogP contribution is -2.21. The van der Waals surface area contributed by atoms with Crippen LogP contribution >= 0.6 is 0 Å². The van der Waals surface area contributed by atoms with Gasteiger partial charge in [-0.1, -0.05) is 12.1 Å². The number of fused-ring (bicyclic) bond motifs is 1. The predicted octanol–water partition coefficient (Wildman–Crippen LogP) is 2.93. The first-order chi connectivity index (χ1) is 8.43. The van der Waals surface area contributed by atoms with Gasteiger partial charge >= 0.3 is 0 Å². The Hall–Kier alpha value is -1.16. The molecule has 2 rings (SSSR count). The summed E-state index contributed by atoms with van der Waals surface area (Å²) < 4.78 is 16.3. The minimum absolute atomic E-state index is 0.301. The largest absolute Gasteiger partial charge is 0.388 e. The lowest BCUT2D eigenvalue weighted by molar-refractivity contribution is 0.650. The minimum atomic E-state index is -1.18. The van der Waals surface area contributed by atoms with Gasteiger partial charge in [0, 0.05) is 18.3 Å². The Kier molecular flexibility index (Phi) is 3.57. The maximum atomic E-state index is 12.1. The lowest BCUT2D eigenvalue weighted by atomic mass is 10.1. The maximum Gasteiger partial charge on any atom is 0.145 e. The molecule has 18 heavy (non-hydrogen) atoms. The second kappa shape index (κ2) is 4.84. The Morgan fingerprint density at radius 1 is 1.28 bits per heavy atom. The normalized spacial score (nSPS) is 18.8. The topological polar surface area (TPSA) is 41.5 Å². The fourth-order valence-electron chi connectivity index (χ4n) is 2.06. The van der Waals surface area contributed by atoms with E-state index in [1.54, 1.807) is 0 Å². The number of hydrogen-bond donors (Lipinski definition) is 1. The number of rotatable bonds is 2. The molecule has 0 fully saturated rings. The van der Waals surface area contributed by atoms with Gasteiger partial charge in [-0.15, -0.1) is 0 Å². The van der Waals surface area contributed by atoms with E-state index in [1.807, 2.05) is 40.0 Å². The third kappa shape index (κ3) is 2.48. The molecule has 1 aromatic rings. The van der Waals surface area contributed by atoms with Gasteiger partial charge in [0.1, 0.15) is 11.0 Å². The number of benzene rings is 1. The summed E-state index contributed by atoms with van der Waals surface area (Å²) in [7, 11) is 0.724. The first-order valence-electron chi connectivity index (χ1n) is 6.23. The van der Waals surface area contributed by atoms with E-state index in [1.165, 1.54) is 5.56 Å². The Bertz CT molecular complexity index is 515. The molecular formula is C14H20N2OS.